The molecule has 0 aliphatic rings. The highest BCUT2D eigenvalue weighted by Gasteiger charge is 2.18. The van der Waals surface area contributed by atoms with E-state index in [1.807, 2.05) is 6.92 Å². The molecular formula is C18H24N4O4S. The molecule has 27 heavy (non-hydrogen) atoms. The lowest BCUT2D eigenvalue weighted by atomic mass is 10.2. The summed E-state index contributed by atoms with van der Waals surface area (Å²) in [6, 6.07) is 6.18. The number of thioether (sulfide) groups is 1. The number of para-hydroxylation sites is 1. The summed E-state index contributed by atoms with van der Waals surface area (Å²) in [4.78, 5) is 41.1. The number of methoxy groups -OCH3 is 1. The predicted octanol–water partition coefficient (Wildman–Crippen LogP) is 1.93. The van der Waals surface area contributed by atoms with Crippen molar-refractivity contribution in [2.24, 2.45) is 0 Å². The highest BCUT2D eigenvalue weighted by Crippen LogP contribution is 2.21. The van der Waals surface area contributed by atoms with Crippen LogP contribution in [0.15, 0.2) is 34.2 Å². The molecule has 0 bridgehead atoms. The van der Waals surface area contributed by atoms with Crippen LogP contribution < -0.4 is 16.2 Å². The number of amides is 3. The second kappa shape index (κ2) is 9.52. The number of fused-ring (bicyclic) bond motifs is 1. The topological polar surface area (TPSA) is 102 Å². The van der Waals surface area contributed by atoms with Gasteiger partial charge in [-0.15, -0.1) is 0 Å². The van der Waals surface area contributed by atoms with E-state index in [1.54, 1.807) is 45.2 Å². The Balaban J connectivity index is 2.25. The monoisotopic (exact) mass is 392 g/mol. The van der Waals surface area contributed by atoms with Gasteiger partial charge in [-0.25, -0.2) is 9.78 Å². The quantitative estimate of drug-likeness (QED) is 0.551. The number of hydrogen-bond acceptors (Lipinski definition) is 6. The number of rotatable bonds is 7. The third-order valence-corrected chi connectivity index (χ3v) is 4.58. The van der Waals surface area contributed by atoms with Gasteiger partial charge in [0.1, 0.15) is 0 Å². The summed E-state index contributed by atoms with van der Waals surface area (Å²) in [7, 11) is 1.56. The number of aromatic nitrogens is 2. The third kappa shape index (κ3) is 5.54. The van der Waals surface area contributed by atoms with Crippen LogP contribution in [0.2, 0.25) is 0 Å². The molecule has 0 unspecified atom stereocenters. The Kier molecular flexibility index (Phi) is 7.37. The van der Waals surface area contributed by atoms with Crippen LogP contribution in [0, 0.1) is 0 Å². The van der Waals surface area contributed by atoms with Crippen molar-refractivity contribution in [2.75, 3.05) is 19.5 Å². The Hall–Kier alpha value is -2.39. The first-order chi connectivity index (χ1) is 12.8. The van der Waals surface area contributed by atoms with Crippen LogP contribution in [0.25, 0.3) is 10.9 Å². The number of nitrogens with zero attached hydrogens (tertiary/aromatic N) is 2. The van der Waals surface area contributed by atoms with Crippen LogP contribution in [0.4, 0.5) is 4.79 Å². The number of hydrogen-bond donors (Lipinski definition) is 2. The lowest BCUT2D eigenvalue weighted by Crippen LogP contribution is -2.43. The molecule has 2 aromatic rings. The van der Waals surface area contributed by atoms with Gasteiger partial charge < -0.3 is 10.1 Å². The van der Waals surface area contributed by atoms with Crippen molar-refractivity contribution in [3.63, 3.8) is 0 Å². The van der Waals surface area contributed by atoms with Gasteiger partial charge in [0, 0.05) is 13.2 Å². The Morgan fingerprint density at radius 3 is 2.63 bits per heavy atom. The summed E-state index contributed by atoms with van der Waals surface area (Å²) in [6.45, 7) is 5.78. The molecular weight excluding hydrogens is 368 g/mol. The second-order valence-electron chi connectivity index (χ2n) is 6.36. The minimum absolute atomic E-state index is 0.0456. The fraction of sp³-hybridized carbons (Fsp3) is 0.444. The molecule has 0 aliphatic heterocycles. The molecule has 2 N–H and O–H groups in total. The third-order valence-electron chi connectivity index (χ3n) is 3.63. The van der Waals surface area contributed by atoms with Crippen LogP contribution >= 0.6 is 11.8 Å². The minimum atomic E-state index is -0.549. The lowest BCUT2D eigenvalue weighted by molar-refractivity contribution is -0.117. The van der Waals surface area contributed by atoms with Crippen molar-refractivity contribution in [1.29, 1.82) is 0 Å². The van der Waals surface area contributed by atoms with E-state index in [9.17, 15) is 14.4 Å². The number of carbonyl (C=O) groups is 2. The fourth-order valence-corrected chi connectivity index (χ4v) is 3.42. The number of urea groups is 1. The molecule has 1 aromatic heterocycles. The van der Waals surface area contributed by atoms with Crippen molar-refractivity contribution in [1.82, 2.24) is 20.2 Å². The van der Waals surface area contributed by atoms with E-state index in [4.69, 9.17) is 4.74 Å². The molecule has 0 fully saturated rings. The maximum atomic E-state index is 12.9. The Morgan fingerprint density at radius 2 is 1.96 bits per heavy atom. The van der Waals surface area contributed by atoms with E-state index < -0.39 is 11.9 Å². The van der Waals surface area contributed by atoms with Gasteiger partial charge in [0.15, 0.2) is 5.16 Å². The summed E-state index contributed by atoms with van der Waals surface area (Å²) in [5.74, 6) is -0.512. The molecule has 0 radical (unpaired) electrons. The highest BCUT2D eigenvalue weighted by molar-refractivity contribution is 7.99. The summed E-state index contributed by atoms with van der Waals surface area (Å²) in [5.41, 5.74) is 0.370. The summed E-state index contributed by atoms with van der Waals surface area (Å²) >= 11 is 1.10. The van der Waals surface area contributed by atoms with Gasteiger partial charge in [-0.3, -0.25) is 19.5 Å². The molecule has 1 aromatic carbocycles. The van der Waals surface area contributed by atoms with Crippen molar-refractivity contribution in [2.45, 2.75) is 38.0 Å². The van der Waals surface area contributed by atoms with E-state index in [-0.39, 0.29) is 23.4 Å². The van der Waals surface area contributed by atoms with Gasteiger partial charge in [-0.05, 0) is 32.9 Å². The van der Waals surface area contributed by atoms with Gasteiger partial charge in [0.25, 0.3) is 5.56 Å². The SMILES string of the molecule is COC[C@@H](C)n1c(SCC(=O)NC(=O)NC(C)C)nc2ccccc2c1=O. The summed E-state index contributed by atoms with van der Waals surface area (Å²) in [5, 5.41) is 5.75. The van der Waals surface area contributed by atoms with Gasteiger partial charge in [0.2, 0.25) is 5.91 Å². The highest BCUT2D eigenvalue weighted by atomic mass is 32.2. The largest absolute Gasteiger partial charge is 0.383 e. The van der Waals surface area contributed by atoms with E-state index in [0.717, 1.165) is 11.8 Å². The second-order valence-corrected chi connectivity index (χ2v) is 7.30. The zero-order chi connectivity index (χ0) is 20.0. The molecule has 3 amide bonds. The van der Waals surface area contributed by atoms with E-state index >= 15 is 0 Å². The maximum Gasteiger partial charge on any atom is 0.321 e. The van der Waals surface area contributed by atoms with Crippen LogP contribution in [0.1, 0.15) is 26.8 Å². The van der Waals surface area contributed by atoms with Crippen LogP contribution in [-0.2, 0) is 9.53 Å². The van der Waals surface area contributed by atoms with Gasteiger partial charge in [0.05, 0.1) is 29.3 Å². The number of imide groups is 1. The number of ether oxygens (including phenoxy) is 1. The van der Waals surface area contributed by atoms with E-state index in [0.29, 0.717) is 22.7 Å². The van der Waals surface area contributed by atoms with Crippen molar-refractivity contribution in [3.8, 4) is 0 Å². The minimum Gasteiger partial charge on any atom is -0.383 e. The molecule has 8 nitrogen and oxygen atoms in total. The standard InChI is InChI=1S/C18H24N4O4S/c1-11(2)19-17(25)21-15(23)10-27-18-20-14-8-6-5-7-13(14)16(24)22(18)12(3)9-26-4/h5-8,11-12H,9-10H2,1-4H3,(H2,19,21,23,25)/t12-/m1/s1. The molecule has 9 heteroatoms. The first-order valence-corrected chi connectivity index (χ1v) is 9.55. The van der Waals surface area contributed by atoms with Crippen molar-refractivity contribution in [3.05, 3.63) is 34.6 Å². The molecule has 1 heterocycles. The Labute approximate surface area is 161 Å². The zero-order valence-corrected chi connectivity index (χ0v) is 16.6. The van der Waals surface area contributed by atoms with Crippen LogP contribution in [-0.4, -0.2) is 47.0 Å². The first kappa shape index (κ1) is 20.9. The lowest BCUT2D eigenvalue weighted by Gasteiger charge is -2.18. The molecule has 0 saturated carbocycles. The molecule has 0 saturated heterocycles. The number of carbonyl (C=O) groups excluding carboxylic acids is 2. The average Bonchev–Trinajstić information content (AvgIpc) is 2.59. The van der Waals surface area contributed by atoms with Crippen LogP contribution in [0.5, 0.6) is 0 Å². The molecule has 0 spiro atoms. The Morgan fingerprint density at radius 1 is 1.26 bits per heavy atom. The van der Waals surface area contributed by atoms with Gasteiger partial charge in [-0.2, -0.15) is 0 Å². The van der Waals surface area contributed by atoms with Gasteiger partial charge >= 0.3 is 6.03 Å². The van der Waals surface area contributed by atoms with Crippen LogP contribution in [0.3, 0.4) is 0 Å². The molecule has 2 rings (SSSR count). The molecule has 1 atom stereocenters. The zero-order valence-electron chi connectivity index (χ0n) is 15.8. The van der Waals surface area contributed by atoms with Crippen molar-refractivity contribution >= 4 is 34.6 Å². The molecule has 0 aliphatic carbocycles. The number of nitrogens with one attached hydrogen (secondary N) is 2. The smallest absolute Gasteiger partial charge is 0.321 e. The average molecular weight is 392 g/mol. The van der Waals surface area contributed by atoms with Gasteiger partial charge in [-0.1, -0.05) is 23.9 Å². The maximum absolute atomic E-state index is 12.9. The van der Waals surface area contributed by atoms with E-state index in [2.05, 4.69) is 15.6 Å². The summed E-state index contributed by atoms with van der Waals surface area (Å²) < 4.78 is 6.69. The van der Waals surface area contributed by atoms with Crippen molar-refractivity contribution < 1.29 is 14.3 Å². The molecule has 146 valence electrons. The number of benzene rings is 1. The first-order valence-electron chi connectivity index (χ1n) is 8.56. The Bertz CT molecular complexity index is 881. The predicted molar refractivity (Wildman–Crippen MR) is 105 cm³/mol. The van der Waals surface area contributed by atoms with E-state index in [1.165, 1.54) is 4.57 Å². The fourth-order valence-electron chi connectivity index (χ4n) is 2.52. The summed E-state index contributed by atoms with van der Waals surface area (Å²) in [6.07, 6.45) is 0. The normalized spacial score (nSPS) is 12.2.